The fourth-order valence-electron chi connectivity index (χ4n) is 2.50. The maximum atomic E-state index is 12.1. The van der Waals surface area contributed by atoms with Crippen LogP contribution in [0.15, 0.2) is 0 Å². The third-order valence-electron chi connectivity index (χ3n) is 3.48. The van der Waals surface area contributed by atoms with E-state index in [9.17, 15) is 9.59 Å². The minimum Gasteiger partial charge on any atom is -0.481 e. The van der Waals surface area contributed by atoms with Crippen LogP contribution >= 0.6 is 0 Å². The maximum Gasteiger partial charge on any atom is 0.309 e. The Kier molecular flexibility index (Phi) is 12.1. The van der Waals surface area contributed by atoms with Crippen LogP contribution in [0.5, 0.6) is 0 Å². The van der Waals surface area contributed by atoms with Crippen molar-refractivity contribution < 1.29 is 28.5 Å². The van der Waals surface area contributed by atoms with Gasteiger partial charge in [-0.3, -0.25) is 14.3 Å². The Morgan fingerprint density at radius 2 is 1.90 bits per heavy atom. The lowest BCUT2D eigenvalue weighted by Crippen LogP contribution is -2.28. The van der Waals surface area contributed by atoms with E-state index in [4.69, 9.17) is 14.3 Å². The van der Waals surface area contributed by atoms with Gasteiger partial charge in [0.05, 0.1) is 11.8 Å². The van der Waals surface area contributed by atoms with E-state index >= 15 is 0 Å². The molecule has 1 amide bonds. The smallest absolute Gasteiger partial charge is 0.309 e. The van der Waals surface area contributed by atoms with E-state index in [-0.39, 0.29) is 16.5 Å². The molecule has 2 atom stereocenters. The summed E-state index contributed by atoms with van der Waals surface area (Å²) in [4.78, 5) is 24.9. The molecular weight excluding hydrogens is 275 g/mol. The summed E-state index contributed by atoms with van der Waals surface area (Å²) in [6.07, 6.45) is 4.75. The van der Waals surface area contributed by atoms with E-state index in [0.29, 0.717) is 13.0 Å². The van der Waals surface area contributed by atoms with Crippen molar-refractivity contribution in [3.05, 3.63) is 0 Å². The summed E-state index contributed by atoms with van der Waals surface area (Å²) in [5, 5.41) is 9.14. The predicted molar refractivity (Wildman–Crippen MR) is 70.3 cm³/mol. The quantitative estimate of drug-likeness (QED) is 0.735. The Morgan fingerprint density at radius 3 is 2.35 bits per heavy atom. The van der Waals surface area contributed by atoms with Gasteiger partial charge in [0.25, 0.3) is 0 Å². The van der Waals surface area contributed by atoms with Crippen molar-refractivity contribution >= 4 is 11.9 Å². The maximum absolute atomic E-state index is 12.1. The van der Waals surface area contributed by atoms with Crippen LogP contribution in [0.1, 0.15) is 46.0 Å². The second-order valence-electron chi connectivity index (χ2n) is 4.83. The van der Waals surface area contributed by atoms with E-state index in [0.717, 1.165) is 32.2 Å². The van der Waals surface area contributed by atoms with Crippen LogP contribution in [0, 0.1) is 11.8 Å². The number of unbranched alkanes of at least 4 members (excludes halogenated alkanes) is 2. The standard InChI is InChI=1S/C13H23NO3.F2.FH/c1-3-5-6-8-14-9-11(13(16)17)10(7-4-2)12(14)15;1-2;/h10-11H,3-9H2,1-2H3,(H,16,17);;1H. The average Bonchev–Trinajstić information content (AvgIpc) is 2.71. The lowest BCUT2D eigenvalue weighted by molar-refractivity contribution is -0.144. The normalized spacial score (nSPS) is 21.0. The van der Waals surface area contributed by atoms with Gasteiger partial charge >= 0.3 is 5.97 Å². The van der Waals surface area contributed by atoms with Crippen LogP contribution in [-0.2, 0) is 9.59 Å². The molecule has 1 aliphatic heterocycles. The Hall–Kier alpha value is -1.27. The van der Waals surface area contributed by atoms with Gasteiger partial charge in [-0.1, -0.05) is 33.1 Å². The van der Waals surface area contributed by atoms with Crippen LogP contribution in [0.2, 0.25) is 0 Å². The van der Waals surface area contributed by atoms with Gasteiger partial charge in [-0.15, -0.1) is 0 Å². The SMILES string of the molecule is CCCCCN1CC(C(=O)O)C(CCC)C1=O.F.FF. The van der Waals surface area contributed by atoms with Crippen molar-refractivity contribution in [3.8, 4) is 0 Å². The summed E-state index contributed by atoms with van der Waals surface area (Å²) in [6, 6.07) is 0. The fraction of sp³-hybridized carbons (Fsp3) is 0.846. The highest BCUT2D eigenvalue weighted by Crippen LogP contribution is 2.29. The molecule has 1 fully saturated rings. The van der Waals surface area contributed by atoms with Crippen molar-refractivity contribution in [3.63, 3.8) is 0 Å². The Morgan fingerprint density at radius 1 is 1.30 bits per heavy atom. The number of carbonyl (C=O) groups excluding carboxylic acids is 1. The lowest BCUT2D eigenvalue weighted by Gasteiger charge is -2.15. The minimum absolute atomic E-state index is 0. The molecule has 7 heteroatoms. The van der Waals surface area contributed by atoms with Crippen molar-refractivity contribution in [1.82, 2.24) is 4.90 Å². The first-order chi connectivity index (χ1) is 9.11. The molecule has 2 unspecified atom stereocenters. The number of likely N-dealkylation sites (tertiary alicyclic amines) is 1. The third-order valence-corrected chi connectivity index (χ3v) is 3.48. The molecule has 1 rings (SSSR count). The lowest BCUT2D eigenvalue weighted by atomic mass is 9.91. The summed E-state index contributed by atoms with van der Waals surface area (Å²) in [6.45, 7) is 5.23. The van der Waals surface area contributed by atoms with Gasteiger partial charge in [0.15, 0.2) is 0 Å². The molecule has 0 aromatic heterocycles. The number of hydrogen-bond acceptors (Lipinski definition) is 2. The van der Waals surface area contributed by atoms with Gasteiger partial charge in [0.1, 0.15) is 0 Å². The molecule has 1 N–H and O–H groups in total. The molecule has 120 valence electrons. The van der Waals surface area contributed by atoms with Crippen molar-refractivity contribution in [1.29, 1.82) is 0 Å². The molecule has 0 spiro atoms. The summed E-state index contributed by atoms with van der Waals surface area (Å²) < 4.78 is 16.0. The summed E-state index contributed by atoms with van der Waals surface area (Å²) >= 11 is 0. The monoisotopic (exact) mass is 299 g/mol. The van der Waals surface area contributed by atoms with Crippen LogP contribution in [0.3, 0.4) is 0 Å². The number of nitrogens with zero attached hydrogens (tertiary/aromatic N) is 1. The Labute approximate surface area is 117 Å². The third kappa shape index (κ3) is 5.79. The van der Waals surface area contributed by atoms with E-state index in [1.807, 2.05) is 6.92 Å². The number of rotatable bonds is 7. The second-order valence-corrected chi connectivity index (χ2v) is 4.83. The van der Waals surface area contributed by atoms with Crippen LogP contribution in [0.25, 0.3) is 0 Å². The van der Waals surface area contributed by atoms with Gasteiger partial charge in [0, 0.05) is 22.2 Å². The number of aliphatic carboxylic acids is 1. The summed E-state index contributed by atoms with van der Waals surface area (Å²) in [7, 11) is 0. The molecule has 0 aromatic rings. The summed E-state index contributed by atoms with van der Waals surface area (Å²) in [5.41, 5.74) is 0. The van der Waals surface area contributed by atoms with Gasteiger partial charge in [-0.25, -0.2) is 0 Å². The highest BCUT2D eigenvalue weighted by atomic mass is 20.0. The fourth-order valence-corrected chi connectivity index (χ4v) is 2.50. The highest BCUT2D eigenvalue weighted by molar-refractivity contribution is 5.88. The molecule has 0 saturated carbocycles. The molecule has 4 nitrogen and oxygen atoms in total. The number of carboxylic acid groups (broad SMARTS) is 1. The molecule has 20 heavy (non-hydrogen) atoms. The van der Waals surface area contributed by atoms with Gasteiger partial charge in [-0.05, 0) is 12.8 Å². The number of carbonyl (C=O) groups is 2. The van der Waals surface area contributed by atoms with Crippen molar-refractivity contribution in [2.75, 3.05) is 13.1 Å². The van der Waals surface area contributed by atoms with Gasteiger partial charge in [0.2, 0.25) is 5.91 Å². The zero-order valence-electron chi connectivity index (χ0n) is 12.0. The van der Waals surface area contributed by atoms with Crippen molar-refractivity contribution in [2.45, 2.75) is 46.0 Å². The molecule has 0 aliphatic carbocycles. The van der Waals surface area contributed by atoms with E-state index < -0.39 is 11.9 Å². The molecule has 0 radical (unpaired) electrons. The van der Waals surface area contributed by atoms with Crippen LogP contribution < -0.4 is 0 Å². The Bertz CT molecular complexity index is 290. The van der Waals surface area contributed by atoms with E-state index in [1.54, 1.807) is 4.90 Å². The van der Waals surface area contributed by atoms with E-state index in [2.05, 4.69) is 6.92 Å². The topological polar surface area (TPSA) is 57.6 Å². The number of amides is 1. The zero-order valence-corrected chi connectivity index (χ0v) is 12.0. The zero-order chi connectivity index (χ0) is 14.8. The Balaban J connectivity index is 0. The molecule has 0 aromatic carbocycles. The minimum atomic E-state index is -0.824. The van der Waals surface area contributed by atoms with E-state index in [1.165, 1.54) is 0 Å². The first-order valence-electron chi connectivity index (χ1n) is 6.77. The number of hydrogen-bond donors (Lipinski definition) is 1. The molecule has 0 bridgehead atoms. The first-order valence-corrected chi connectivity index (χ1v) is 6.77. The first kappa shape index (κ1) is 21.0. The van der Waals surface area contributed by atoms with Crippen LogP contribution in [-0.4, -0.2) is 35.0 Å². The molecular formula is C13H24F3NO3. The number of halogens is 3. The van der Waals surface area contributed by atoms with Crippen LogP contribution in [0.4, 0.5) is 13.9 Å². The molecule has 1 heterocycles. The second kappa shape index (κ2) is 11.5. The molecule has 1 saturated heterocycles. The van der Waals surface area contributed by atoms with Crippen molar-refractivity contribution in [2.24, 2.45) is 11.8 Å². The predicted octanol–water partition coefficient (Wildman–Crippen LogP) is 3.13. The number of carboxylic acids is 1. The largest absolute Gasteiger partial charge is 0.481 e. The highest BCUT2D eigenvalue weighted by Gasteiger charge is 2.43. The average molecular weight is 299 g/mol. The molecule has 1 aliphatic rings. The summed E-state index contributed by atoms with van der Waals surface area (Å²) in [5.74, 6) is -1.56. The van der Waals surface area contributed by atoms with Gasteiger partial charge in [-0.2, -0.15) is 0 Å². The van der Waals surface area contributed by atoms with Gasteiger partial charge < -0.3 is 10.0 Å².